The summed E-state index contributed by atoms with van der Waals surface area (Å²) in [6.07, 6.45) is 4.80. The van der Waals surface area contributed by atoms with Crippen LogP contribution in [0.3, 0.4) is 0 Å². The second-order valence-corrected chi connectivity index (χ2v) is 3.49. The predicted octanol–water partition coefficient (Wildman–Crippen LogP) is 2.45. The molecule has 0 atom stereocenters. The lowest BCUT2D eigenvalue weighted by molar-refractivity contribution is -0.105. The predicted molar refractivity (Wildman–Crippen MR) is 47.8 cm³/mol. The van der Waals surface area contributed by atoms with Crippen molar-refractivity contribution in [3.63, 3.8) is 0 Å². The molecule has 0 saturated carbocycles. The number of halogens is 1. The van der Waals surface area contributed by atoms with E-state index in [4.69, 9.17) is 0 Å². The number of carbonyl (C=O) groups is 1. The Balaban J connectivity index is 2.74. The van der Waals surface area contributed by atoms with E-state index in [2.05, 4.69) is 0 Å². The standard InChI is InChI=1S/C8H15FOS/c9-5-3-1-2-4-7-11-8-6-10/h6H,1-5,7-8H2. The first kappa shape index (κ1) is 11.0. The van der Waals surface area contributed by atoms with Crippen LogP contribution in [0.5, 0.6) is 0 Å². The van der Waals surface area contributed by atoms with E-state index in [-0.39, 0.29) is 6.67 Å². The molecule has 0 amide bonds. The van der Waals surface area contributed by atoms with Crippen molar-refractivity contribution in [2.45, 2.75) is 25.7 Å². The van der Waals surface area contributed by atoms with Gasteiger partial charge < -0.3 is 4.79 Å². The summed E-state index contributed by atoms with van der Waals surface area (Å²) in [6.45, 7) is -0.193. The first-order chi connectivity index (χ1) is 5.41. The van der Waals surface area contributed by atoms with Crippen molar-refractivity contribution in [3.8, 4) is 0 Å². The van der Waals surface area contributed by atoms with Crippen molar-refractivity contribution in [3.05, 3.63) is 0 Å². The maximum atomic E-state index is 11.6. The van der Waals surface area contributed by atoms with Gasteiger partial charge in [-0.05, 0) is 18.6 Å². The largest absolute Gasteiger partial charge is 0.302 e. The van der Waals surface area contributed by atoms with Crippen molar-refractivity contribution in [2.75, 3.05) is 18.2 Å². The topological polar surface area (TPSA) is 17.1 Å². The molecular formula is C8H15FOS. The second-order valence-electron chi connectivity index (χ2n) is 2.34. The molecule has 0 aliphatic heterocycles. The molecule has 0 rings (SSSR count). The van der Waals surface area contributed by atoms with E-state index in [0.29, 0.717) is 12.2 Å². The SMILES string of the molecule is O=CCSCCCCCCF. The normalized spacial score (nSPS) is 9.91. The van der Waals surface area contributed by atoms with Crippen LogP contribution in [0.25, 0.3) is 0 Å². The van der Waals surface area contributed by atoms with Crippen LogP contribution in [0, 0.1) is 0 Å². The minimum Gasteiger partial charge on any atom is -0.302 e. The summed E-state index contributed by atoms with van der Waals surface area (Å²) >= 11 is 1.65. The molecule has 0 aromatic heterocycles. The highest BCUT2D eigenvalue weighted by molar-refractivity contribution is 7.99. The highest BCUT2D eigenvalue weighted by atomic mass is 32.2. The van der Waals surface area contributed by atoms with Crippen LogP contribution < -0.4 is 0 Å². The van der Waals surface area contributed by atoms with Crippen LogP contribution in [0.15, 0.2) is 0 Å². The molecule has 0 aliphatic rings. The van der Waals surface area contributed by atoms with Crippen molar-refractivity contribution >= 4 is 18.0 Å². The fourth-order valence-electron chi connectivity index (χ4n) is 0.784. The summed E-state index contributed by atoms with van der Waals surface area (Å²) in [6, 6.07) is 0. The molecule has 3 heteroatoms. The number of aldehydes is 1. The van der Waals surface area contributed by atoms with Gasteiger partial charge >= 0.3 is 0 Å². The van der Waals surface area contributed by atoms with E-state index in [9.17, 15) is 9.18 Å². The number of alkyl halides is 1. The summed E-state index contributed by atoms with van der Waals surface area (Å²) in [5.41, 5.74) is 0. The highest BCUT2D eigenvalue weighted by Crippen LogP contribution is 2.06. The minimum atomic E-state index is -0.193. The van der Waals surface area contributed by atoms with Gasteiger partial charge in [0.25, 0.3) is 0 Å². The minimum absolute atomic E-state index is 0.193. The summed E-state index contributed by atoms with van der Waals surface area (Å²) in [7, 11) is 0. The van der Waals surface area contributed by atoms with Gasteiger partial charge in [0.05, 0.1) is 6.67 Å². The Morgan fingerprint density at radius 1 is 1.18 bits per heavy atom. The highest BCUT2D eigenvalue weighted by Gasteiger charge is 1.89. The lowest BCUT2D eigenvalue weighted by atomic mass is 10.2. The average Bonchev–Trinajstić information content (AvgIpc) is 2.03. The van der Waals surface area contributed by atoms with Gasteiger partial charge in [0, 0.05) is 5.75 Å². The summed E-state index contributed by atoms with van der Waals surface area (Å²) in [5.74, 6) is 1.63. The molecule has 0 saturated heterocycles. The molecule has 0 bridgehead atoms. The summed E-state index contributed by atoms with van der Waals surface area (Å²) in [5, 5.41) is 0. The zero-order valence-corrected chi connectivity index (χ0v) is 7.54. The number of hydrogen-bond acceptors (Lipinski definition) is 2. The zero-order chi connectivity index (χ0) is 8.36. The monoisotopic (exact) mass is 178 g/mol. The Hall–Kier alpha value is -0.0500. The molecule has 0 aromatic carbocycles. The molecule has 0 aromatic rings. The van der Waals surface area contributed by atoms with Crippen molar-refractivity contribution in [1.29, 1.82) is 0 Å². The Kier molecular flexibility index (Phi) is 9.90. The van der Waals surface area contributed by atoms with Gasteiger partial charge in [0.2, 0.25) is 0 Å². The molecule has 0 aliphatic carbocycles. The van der Waals surface area contributed by atoms with Gasteiger partial charge in [-0.25, -0.2) is 0 Å². The lowest BCUT2D eigenvalue weighted by Crippen LogP contribution is -1.85. The van der Waals surface area contributed by atoms with Gasteiger partial charge in [0.1, 0.15) is 6.29 Å². The van der Waals surface area contributed by atoms with E-state index < -0.39 is 0 Å². The molecule has 11 heavy (non-hydrogen) atoms. The average molecular weight is 178 g/mol. The third-order valence-corrected chi connectivity index (χ3v) is 2.31. The van der Waals surface area contributed by atoms with E-state index in [1.54, 1.807) is 11.8 Å². The van der Waals surface area contributed by atoms with Gasteiger partial charge in [-0.1, -0.05) is 12.8 Å². The molecule has 0 unspecified atom stereocenters. The van der Waals surface area contributed by atoms with Crippen molar-refractivity contribution < 1.29 is 9.18 Å². The van der Waals surface area contributed by atoms with Crippen LogP contribution in [-0.4, -0.2) is 24.5 Å². The van der Waals surface area contributed by atoms with Crippen LogP contribution >= 0.6 is 11.8 Å². The maximum absolute atomic E-state index is 11.6. The fourth-order valence-corrected chi connectivity index (χ4v) is 1.45. The van der Waals surface area contributed by atoms with E-state index >= 15 is 0 Å². The summed E-state index contributed by atoms with van der Waals surface area (Å²) in [4.78, 5) is 9.87. The number of unbranched alkanes of at least 4 members (excludes halogenated alkanes) is 3. The zero-order valence-electron chi connectivity index (χ0n) is 6.72. The van der Waals surface area contributed by atoms with Crippen LogP contribution in [-0.2, 0) is 4.79 Å². The molecule has 0 heterocycles. The van der Waals surface area contributed by atoms with E-state index in [1.165, 1.54) is 0 Å². The Bertz CT molecular complexity index is 88.2. The van der Waals surface area contributed by atoms with Gasteiger partial charge in [-0.3, -0.25) is 4.39 Å². The van der Waals surface area contributed by atoms with Gasteiger partial charge in [-0.2, -0.15) is 11.8 Å². The van der Waals surface area contributed by atoms with Gasteiger partial charge in [0.15, 0.2) is 0 Å². The quantitative estimate of drug-likeness (QED) is 0.419. The first-order valence-corrected chi connectivity index (χ1v) is 5.14. The van der Waals surface area contributed by atoms with E-state index in [0.717, 1.165) is 31.3 Å². The molecule has 0 radical (unpaired) electrons. The number of thioether (sulfide) groups is 1. The second kappa shape index (κ2) is 9.95. The lowest BCUT2D eigenvalue weighted by Gasteiger charge is -1.96. The van der Waals surface area contributed by atoms with Crippen molar-refractivity contribution in [2.24, 2.45) is 0 Å². The smallest absolute Gasteiger partial charge is 0.129 e. The summed E-state index contributed by atoms with van der Waals surface area (Å²) < 4.78 is 11.6. The Labute approximate surface area is 71.7 Å². The molecule has 0 N–H and O–H groups in total. The molecule has 1 nitrogen and oxygen atoms in total. The van der Waals surface area contributed by atoms with Crippen LogP contribution in [0.2, 0.25) is 0 Å². The number of carbonyl (C=O) groups excluding carboxylic acids is 1. The number of rotatable bonds is 8. The number of hydrogen-bond donors (Lipinski definition) is 0. The van der Waals surface area contributed by atoms with E-state index in [1.807, 2.05) is 0 Å². The first-order valence-electron chi connectivity index (χ1n) is 3.99. The van der Waals surface area contributed by atoms with Crippen molar-refractivity contribution in [1.82, 2.24) is 0 Å². The Morgan fingerprint density at radius 2 is 1.91 bits per heavy atom. The molecular weight excluding hydrogens is 163 g/mol. The molecule has 0 fully saturated rings. The maximum Gasteiger partial charge on any atom is 0.129 e. The van der Waals surface area contributed by atoms with Crippen LogP contribution in [0.1, 0.15) is 25.7 Å². The third kappa shape index (κ3) is 9.95. The molecule has 0 spiro atoms. The van der Waals surface area contributed by atoms with Gasteiger partial charge in [-0.15, -0.1) is 0 Å². The fraction of sp³-hybridized carbons (Fsp3) is 0.875. The van der Waals surface area contributed by atoms with Crippen LogP contribution in [0.4, 0.5) is 4.39 Å². The molecule has 66 valence electrons. The third-order valence-electron chi connectivity index (χ3n) is 1.36. The Morgan fingerprint density at radius 3 is 2.55 bits per heavy atom.